The van der Waals surface area contributed by atoms with Gasteiger partial charge in [-0.2, -0.15) is 0 Å². The molecule has 2 aliphatic rings. The Balaban J connectivity index is 1.74. The predicted molar refractivity (Wildman–Crippen MR) is 104 cm³/mol. The van der Waals surface area contributed by atoms with Crippen molar-refractivity contribution in [3.05, 3.63) is 35.7 Å². The summed E-state index contributed by atoms with van der Waals surface area (Å²) in [7, 11) is 2.85. The van der Waals surface area contributed by atoms with E-state index in [0.29, 0.717) is 5.70 Å². The molecule has 0 bridgehead atoms. The molecular weight excluding hydrogens is 402 g/mol. The van der Waals surface area contributed by atoms with Crippen molar-refractivity contribution in [3.63, 3.8) is 0 Å². The highest BCUT2D eigenvalue weighted by molar-refractivity contribution is 5.90. The predicted octanol–water partition coefficient (Wildman–Crippen LogP) is 2.93. The van der Waals surface area contributed by atoms with Gasteiger partial charge in [0, 0.05) is 25.4 Å². The molecule has 3 rings (SSSR count). The monoisotopic (exact) mass is 426 g/mol. The van der Waals surface area contributed by atoms with E-state index in [-0.39, 0.29) is 24.5 Å². The van der Waals surface area contributed by atoms with E-state index in [2.05, 4.69) is 5.48 Å². The molecule has 1 saturated heterocycles. The summed E-state index contributed by atoms with van der Waals surface area (Å²) in [6.45, 7) is 5.27. The number of nitrogens with zero attached hydrogens (tertiary/aromatic N) is 3. The molecule has 1 aromatic rings. The summed E-state index contributed by atoms with van der Waals surface area (Å²) in [5.74, 6) is -1.68. The lowest BCUT2D eigenvalue weighted by atomic mass is 10.2. The number of cyclic esters (lactones) is 1. The first-order chi connectivity index (χ1) is 14.0. The van der Waals surface area contributed by atoms with Crippen LogP contribution in [0.15, 0.2) is 24.0 Å². The number of hydroxylamine groups is 1. The van der Waals surface area contributed by atoms with Crippen LogP contribution in [0.5, 0.6) is 0 Å². The van der Waals surface area contributed by atoms with Gasteiger partial charge in [-0.1, -0.05) is 0 Å². The van der Waals surface area contributed by atoms with Gasteiger partial charge >= 0.3 is 12.2 Å². The van der Waals surface area contributed by atoms with Crippen LogP contribution < -0.4 is 15.3 Å². The third-order valence-corrected chi connectivity index (χ3v) is 4.40. The Bertz CT molecular complexity index is 863. The first-order valence-electron chi connectivity index (χ1n) is 9.19. The van der Waals surface area contributed by atoms with Gasteiger partial charge in [0.15, 0.2) is 17.9 Å². The Morgan fingerprint density at radius 1 is 1.30 bits per heavy atom. The summed E-state index contributed by atoms with van der Waals surface area (Å²) in [6, 6.07) is 2.09. The molecule has 2 heterocycles. The minimum atomic E-state index is -0.959. The highest BCUT2D eigenvalue weighted by Crippen LogP contribution is 2.33. The maximum atomic E-state index is 14.6. The number of hydrogen-bond acceptors (Lipinski definition) is 7. The molecule has 30 heavy (non-hydrogen) atoms. The Hall–Kier alpha value is -3.08. The van der Waals surface area contributed by atoms with Crippen molar-refractivity contribution < 1.29 is 32.7 Å². The lowest BCUT2D eigenvalue weighted by Crippen LogP contribution is -2.42. The fraction of sp³-hybridized carbons (Fsp3) is 0.474. The minimum absolute atomic E-state index is 0.0152. The Kier molecular flexibility index (Phi) is 5.75. The summed E-state index contributed by atoms with van der Waals surface area (Å²) < 4.78 is 39.7. The number of halogens is 2. The van der Waals surface area contributed by atoms with E-state index in [4.69, 9.17) is 14.3 Å². The summed E-state index contributed by atoms with van der Waals surface area (Å²) in [4.78, 5) is 32.7. The van der Waals surface area contributed by atoms with E-state index in [0.717, 1.165) is 21.9 Å². The molecule has 0 aliphatic carbocycles. The van der Waals surface area contributed by atoms with Crippen LogP contribution in [0, 0.1) is 11.6 Å². The van der Waals surface area contributed by atoms with Crippen molar-refractivity contribution in [2.24, 2.45) is 0 Å². The molecule has 2 amide bonds. The number of ether oxygens (including phenoxy) is 2. The van der Waals surface area contributed by atoms with Crippen LogP contribution in [0.4, 0.5) is 29.7 Å². The molecular formula is C19H24F2N4O5. The molecule has 0 radical (unpaired) electrons. The van der Waals surface area contributed by atoms with Gasteiger partial charge in [-0.3, -0.25) is 20.1 Å². The Morgan fingerprint density at radius 3 is 2.43 bits per heavy atom. The summed E-state index contributed by atoms with van der Waals surface area (Å²) >= 11 is 0. The molecule has 9 nitrogen and oxygen atoms in total. The number of carbonyl (C=O) groups is 2. The zero-order valence-corrected chi connectivity index (χ0v) is 17.4. The van der Waals surface area contributed by atoms with Crippen molar-refractivity contribution in [2.45, 2.75) is 32.6 Å². The van der Waals surface area contributed by atoms with E-state index in [9.17, 15) is 18.4 Å². The first-order valence-corrected chi connectivity index (χ1v) is 9.19. The van der Waals surface area contributed by atoms with E-state index < -0.39 is 35.6 Å². The van der Waals surface area contributed by atoms with Crippen LogP contribution >= 0.6 is 0 Å². The van der Waals surface area contributed by atoms with Crippen molar-refractivity contribution in [2.75, 3.05) is 37.0 Å². The number of nitrogens with one attached hydrogen (secondary N) is 1. The molecule has 1 fully saturated rings. The third kappa shape index (κ3) is 4.40. The number of amides is 2. The zero-order chi connectivity index (χ0) is 22.2. The van der Waals surface area contributed by atoms with Gasteiger partial charge in [-0.15, -0.1) is 0 Å². The maximum absolute atomic E-state index is 14.6. The van der Waals surface area contributed by atoms with E-state index in [1.807, 2.05) is 0 Å². The molecule has 1 N–H and O–H groups in total. The number of benzene rings is 1. The van der Waals surface area contributed by atoms with E-state index >= 15 is 0 Å². The standard InChI is InChI=1S/C19H24F2N4O5/c1-19(2,3)30-17(26)23(4)15-10-25(18(27)29-15)12-6-13(20)16(14(21)7-12)24-8-11(9-24)22-28-5/h6-8,15,22H,9-10H2,1-5H3/t15-/m0/s1. The summed E-state index contributed by atoms with van der Waals surface area (Å²) in [5.41, 5.74) is 2.27. The number of rotatable bonds is 5. The molecule has 11 heteroatoms. The molecule has 164 valence electrons. The van der Waals surface area contributed by atoms with Gasteiger partial charge in [0.2, 0.25) is 0 Å². The van der Waals surface area contributed by atoms with Gasteiger partial charge in [0.25, 0.3) is 0 Å². The molecule has 0 spiro atoms. The highest BCUT2D eigenvalue weighted by atomic mass is 19.1. The normalized spacial score (nSPS) is 18.6. The molecule has 0 unspecified atom stereocenters. The second-order valence-electron chi connectivity index (χ2n) is 7.89. The summed E-state index contributed by atoms with van der Waals surface area (Å²) in [5, 5.41) is 0. The van der Waals surface area contributed by atoms with Gasteiger partial charge in [-0.25, -0.2) is 18.4 Å². The molecule has 0 saturated carbocycles. The van der Waals surface area contributed by atoms with Crippen molar-refractivity contribution in [1.82, 2.24) is 10.4 Å². The van der Waals surface area contributed by atoms with Crippen LogP contribution in [0.3, 0.4) is 0 Å². The molecule has 1 aromatic carbocycles. The lowest BCUT2D eigenvalue weighted by Gasteiger charge is -2.32. The third-order valence-electron chi connectivity index (χ3n) is 4.40. The van der Waals surface area contributed by atoms with E-state index in [1.165, 1.54) is 25.3 Å². The Labute approximate surface area is 172 Å². The lowest BCUT2D eigenvalue weighted by molar-refractivity contribution is -0.00992. The fourth-order valence-electron chi connectivity index (χ4n) is 2.97. The molecule has 2 aliphatic heterocycles. The van der Waals surface area contributed by atoms with Crippen LogP contribution in [0.2, 0.25) is 0 Å². The SMILES string of the molecule is CONC1=CN(c2c(F)cc(N3C[C@@H](N(C)C(=O)OC(C)(C)C)OC3=O)cc2F)C1. The second kappa shape index (κ2) is 7.98. The molecule has 1 atom stereocenters. The number of anilines is 2. The topological polar surface area (TPSA) is 83.6 Å². The van der Waals surface area contributed by atoms with Gasteiger partial charge in [-0.05, 0) is 20.8 Å². The number of hydrogen-bond donors (Lipinski definition) is 1. The van der Waals surface area contributed by atoms with Gasteiger partial charge in [0.05, 0.1) is 31.6 Å². The minimum Gasteiger partial charge on any atom is -0.444 e. The van der Waals surface area contributed by atoms with Crippen LogP contribution in [0.25, 0.3) is 0 Å². The quantitative estimate of drug-likeness (QED) is 0.725. The molecule has 0 aromatic heterocycles. The smallest absolute Gasteiger partial charge is 0.416 e. The largest absolute Gasteiger partial charge is 0.444 e. The van der Waals surface area contributed by atoms with Crippen molar-refractivity contribution in [1.29, 1.82) is 0 Å². The van der Waals surface area contributed by atoms with Crippen LogP contribution in [0.1, 0.15) is 20.8 Å². The van der Waals surface area contributed by atoms with Gasteiger partial charge < -0.3 is 14.4 Å². The highest BCUT2D eigenvalue weighted by Gasteiger charge is 2.39. The number of likely N-dealkylation sites (N-methyl/N-ethyl adjacent to an activating group) is 1. The van der Waals surface area contributed by atoms with Crippen LogP contribution in [-0.4, -0.2) is 56.2 Å². The number of carbonyl (C=O) groups excluding carboxylic acids is 2. The van der Waals surface area contributed by atoms with E-state index in [1.54, 1.807) is 20.8 Å². The zero-order valence-electron chi connectivity index (χ0n) is 17.4. The van der Waals surface area contributed by atoms with Crippen molar-refractivity contribution >= 4 is 23.6 Å². The fourth-order valence-corrected chi connectivity index (χ4v) is 2.97. The maximum Gasteiger partial charge on any atom is 0.416 e. The van der Waals surface area contributed by atoms with Crippen LogP contribution in [-0.2, 0) is 14.3 Å². The Morgan fingerprint density at radius 2 is 1.90 bits per heavy atom. The first kappa shape index (κ1) is 21.6. The average molecular weight is 426 g/mol. The van der Waals surface area contributed by atoms with Crippen molar-refractivity contribution in [3.8, 4) is 0 Å². The van der Waals surface area contributed by atoms with Gasteiger partial charge in [0.1, 0.15) is 11.3 Å². The average Bonchev–Trinajstić information content (AvgIpc) is 2.98. The summed E-state index contributed by atoms with van der Waals surface area (Å²) in [6.07, 6.45) is -0.961. The second-order valence-corrected chi connectivity index (χ2v) is 7.89.